The third kappa shape index (κ3) is 5.71. The van der Waals surface area contributed by atoms with Crippen LogP contribution in [-0.4, -0.2) is 45.5 Å². The van der Waals surface area contributed by atoms with Gasteiger partial charge in [0, 0.05) is 0 Å². The van der Waals surface area contributed by atoms with E-state index in [-0.39, 0.29) is 13.2 Å². The van der Waals surface area contributed by atoms with Gasteiger partial charge in [0.15, 0.2) is 5.40 Å². The minimum atomic E-state index is -4.91. The molecule has 19 heavy (non-hydrogen) atoms. The van der Waals surface area contributed by atoms with E-state index in [4.69, 9.17) is 19.9 Å². The maximum absolute atomic E-state index is 12.3. The van der Waals surface area contributed by atoms with Gasteiger partial charge in [-0.3, -0.25) is 13.9 Å². The Morgan fingerprint density at radius 2 is 1.63 bits per heavy atom. The second-order valence-corrected chi connectivity index (χ2v) is 8.05. The van der Waals surface area contributed by atoms with Crippen LogP contribution < -0.4 is 5.73 Å². The maximum Gasteiger partial charge on any atom is 0.345 e. The van der Waals surface area contributed by atoms with Crippen molar-refractivity contribution in [2.75, 3.05) is 13.2 Å². The van der Waals surface area contributed by atoms with E-state index in [1.807, 2.05) is 0 Å². The molecular formula is C8H19NO8P2. The first-order chi connectivity index (χ1) is 8.58. The van der Waals surface area contributed by atoms with Crippen LogP contribution in [0.3, 0.4) is 0 Å². The molecule has 0 aliphatic carbocycles. The normalized spacial score (nSPS) is 16.1. The number of hydrogen-bond acceptors (Lipinski definition) is 6. The summed E-state index contributed by atoms with van der Waals surface area (Å²) in [4.78, 5) is 29.1. The highest BCUT2D eigenvalue weighted by Crippen LogP contribution is 2.67. The number of hydrogen-bond donors (Lipinski definition) is 4. The van der Waals surface area contributed by atoms with Gasteiger partial charge in [0.05, 0.1) is 13.2 Å². The van der Waals surface area contributed by atoms with Gasteiger partial charge in [-0.1, -0.05) is 0 Å². The van der Waals surface area contributed by atoms with Gasteiger partial charge in [-0.2, -0.15) is 0 Å². The quantitative estimate of drug-likeness (QED) is 0.446. The van der Waals surface area contributed by atoms with Crippen molar-refractivity contribution in [1.82, 2.24) is 0 Å². The van der Waals surface area contributed by atoms with Crippen LogP contribution in [0.25, 0.3) is 0 Å². The molecule has 0 spiro atoms. The number of carboxylic acids is 1. The summed E-state index contributed by atoms with van der Waals surface area (Å²) in [5.74, 6) is -1.46. The highest BCUT2D eigenvalue weighted by Gasteiger charge is 2.48. The Morgan fingerprint density at radius 1 is 1.21 bits per heavy atom. The van der Waals surface area contributed by atoms with Crippen molar-refractivity contribution in [3.63, 3.8) is 0 Å². The van der Waals surface area contributed by atoms with Crippen LogP contribution in [0.4, 0.5) is 0 Å². The van der Waals surface area contributed by atoms with Gasteiger partial charge >= 0.3 is 21.2 Å². The predicted molar refractivity (Wildman–Crippen MR) is 66.9 cm³/mol. The zero-order valence-corrected chi connectivity index (χ0v) is 12.4. The minimum absolute atomic E-state index is 0.101. The lowest BCUT2D eigenvalue weighted by Crippen LogP contribution is -2.34. The van der Waals surface area contributed by atoms with E-state index < -0.39 is 39.0 Å². The molecule has 0 aromatic rings. The van der Waals surface area contributed by atoms with Crippen LogP contribution in [0.5, 0.6) is 0 Å². The van der Waals surface area contributed by atoms with Crippen molar-refractivity contribution in [2.24, 2.45) is 5.73 Å². The zero-order chi connectivity index (χ0) is 15.3. The number of nitrogens with two attached hydrogens (primary N) is 1. The molecule has 0 radical (unpaired) electrons. The molecule has 0 saturated carbocycles. The lowest BCUT2D eigenvalue weighted by Gasteiger charge is -2.27. The molecule has 0 saturated heterocycles. The molecule has 0 aromatic carbocycles. The molecule has 0 fully saturated rings. The molecule has 114 valence electrons. The van der Waals surface area contributed by atoms with Crippen molar-refractivity contribution in [1.29, 1.82) is 0 Å². The fourth-order valence-electron chi connectivity index (χ4n) is 1.35. The van der Waals surface area contributed by atoms with Crippen LogP contribution in [0.1, 0.15) is 20.3 Å². The molecule has 0 amide bonds. The first-order valence-electron chi connectivity index (χ1n) is 5.50. The van der Waals surface area contributed by atoms with E-state index in [1.54, 1.807) is 0 Å². The zero-order valence-electron chi connectivity index (χ0n) is 10.6. The molecule has 0 aromatic heterocycles. The molecule has 0 heterocycles. The number of carboxylic acid groups (broad SMARTS) is 1. The molecular weight excluding hydrogens is 300 g/mol. The van der Waals surface area contributed by atoms with Crippen LogP contribution in [-0.2, 0) is 23.0 Å². The highest BCUT2D eigenvalue weighted by molar-refractivity contribution is 7.71. The van der Waals surface area contributed by atoms with Crippen molar-refractivity contribution >= 4 is 21.2 Å². The van der Waals surface area contributed by atoms with Crippen molar-refractivity contribution in [3.8, 4) is 0 Å². The van der Waals surface area contributed by atoms with Crippen LogP contribution in [0.2, 0.25) is 0 Å². The van der Waals surface area contributed by atoms with Gasteiger partial charge in [0.2, 0.25) is 0 Å². The SMILES string of the molecule is CCOP(=O)(OCC)[C@@H](C[C@H](N)C(=O)O)P(=O)(O)O. The van der Waals surface area contributed by atoms with E-state index in [0.717, 1.165) is 0 Å². The van der Waals surface area contributed by atoms with Gasteiger partial charge < -0.3 is 29.7 Å². The molecule has 0 aliphatic rings. The number of rotatable bonds is 9. The van der Waals surface area contributed by atoms with Gasteiger partial charge in [0.1, 0.15) is 6.04 Å². The Bertz CT molecular complexity index is 384. The lowest BCUT2D eigenvalue weighted by atomic mass is 10.2. The topological polar surface area (TPSA) is 156 Å². The fourth-order valence-corrected chi connectivity index (χ4v) is 5.35. The summed E-state index contributed by atoms with van der Waals surface area (Å²) < 4.78 is 33.4. The van der Waals surface area contributed by atoms with E-state index in [9.17, 15) is 23.7 Å². The number of carbonyl (C=O) groups is 1. The highest BCUT2D eigenvalue weighted by atomic mass is 31.2. The number of aliphatic carboxylic acids is 1. The average molecular weight is 319 g/mol. The third-order valence-corrected chi connectivity index (χ3v) is 7.07. The first-order valence-corrected chi connectivity index (χ1v) is 8.80. The average Bonchev–Trinajstić information content (AvgIpc) is 2.24. The molecule has 5 N–H and O–H groups in total. The van der Waals surface area contributed by atoms with Crippen LogP contribution in [0, 0.1) is 0 Å². The second kappa shape index (κ2) is 7.50. The molecule has 0 bridgehead atoms. The lowest BCUT2D eigenvalue weighted by molar-refractivity contribution is -0.138. The summed E-state index contributed by atoms with van der Waals surface area (Å²) in [6.45, 7) is 2.74. The summed E-state index contributed by atoms with van der Waals surface area (Å²) in [7, 11) is -9.06. The summed E-state index contributed by atoms with van der Waals surface area (Å²) in [5.41, 5.74) is 5.23. The van der Waals surface area contributed by atoms with E-state index in [0.29, 0.717) is 0 Å². The maximum atomic E-state index is 12.3. The van der Waals surface area contributed by atoms with Crippen LogP contribution in [0.15, 0.2) is 0 Å². The van der Waals surface area contributed by atoms with Gasteiger partial charge in [-0.15, -0.1) is 0 Å². The largest absolute Gasteiger partial charge is 0.480 e. The van der Waals surface area contributed by atoms with Crippen molar-refractivity contribution < 1.29 is 37.9 Å². The standard InChI is InChI=1S/C8H19NO8P2/c1-3-16-19(15,17-4-2)7(18(12,13)14)5-6(9)8(10)11/h6-7H,3-5,9H2,1-2H3,(H,10,11)(H2,12,13,14)/t6-,7-/m0/s1. The molecule has 0 rings (SSSR count). The third-order valence-electron chi connectivity index (χ3n) is 2.15. The monoisotopic (exact) mass is 319 g/mol. The van der Waals surface area contributed by atoms with E-state index >= 15 is 0 Å². The van der Waals surface area contributed by atoms with Gasteiger partial charge in [0.25, 0.3) is 0 Å². The summed E-state index contributed by atoms with van der Waals surface area (Å²) in [5, 5.41) is 6.78. The second-order valence-electron chi connectivity index (χ2n) is 3.63. The van der Waals surface area contributed by atoms with Gasteiger partial charge in [-0.05, 0) is 20.3 Å². The van der Waals surface area contributed by atoms with E-state index in [1.165, 1.54) is 13.8 Å². The Morgan fingerprint density at radius 3 is 1.89 bits per heavy atom. The molecule has 2 atom stereocenters. The van der Waals surface area contributed by atoms with Crippen LogP contribution >= 0.6 is 15.2 Å². The van der Waals surface area contributed by atoms with E-state index in [2.05, 4.69) is 0 Å². The Labute approximate surface area is 110 Å². The Balaban J connectivity index is 5.38. The molecule has 0 aliphatic heterocycles. The fraction of sp³-hybridized carbons (Fsp3) is 0.875. The van der Waals surface area contributed by atoms with Crippen molar-refractivity contribution in [3.05, 3.63) is 0 Å². The molecule has 0 unspecified atom stereocenters. The summed E-state index contributed by atoms with van der Waals surface area (Å²) in [6, 6.07) is -1.58. The Hall–Kier alpha value is -0.270. The molecule has 11 heteroatoms. The first kappa shape index (κ1) is 18.7. The minimum Gasteiger partial charge on any atom is -0.480 e. The summed E-state index contributed by atoms with van der Waals surface area (Å²) >= 11 is 0. The predicted octanol–water partition coefficient (Wildman–Crippen LogP) is 0.558. The van der Waals surface area contributed by atoms with Gasteiger partial charge in [-0.25, -0.2) is 0 Å². The Kier molecular flexibility index (Phi) is 7.39. The molecule has 9 nitrogen and oxygen atoms in total. The summed E-state index contributed by atoms with van der Waals surface area (Å²) in [6.07, 6.45) is -0.711. The van der Waals surface area contributed by atoms with Crippen molar-refractivity contribution in [2.45, 2.75) is 31.7 Å². The smallest absolute Gasteiger partial charge is 0.345 e.